The fraction of sp³-hybridized carbons (Fsp3) is 0.538. The van der Waals surface area contributed by atoms with E-state index in [0.717, 1.165) is 19.5 Å². The highest BCUT2D eigenvalue weighted by molar-refractivity contribution is 7.13. The third kappa shape index (κ3) is 8.95. The van der Waals surface area contributed by atoms with Gasteiger partial charge in [0.25, 0.3) is 5.91 Å². The average molecular weight is 569 g/mol. The van der Waals surface area contributed by atoms with E-state index in [2.05, 4.69) is 27.4 Å². The van der Waals surface area contributed by atoms with Crippen molar-refractivity contribution in [1.82, 2.24) is 20.1 Å². The fourth-order valence-corrected chi connectivity index (χ4v) is 5.51. The highest BCUT2D eigenvalue weighted by atomic mass is 35.5. The van der Waals surface area contributed by atoms with Crippen LogP contribution in [0.2, 0.25) is 10.0 Å². The molecule has 1 aliphatic heterocycles. The molecule has 1 aromatic heterocycles. The van der Waals surface area contributed by atoms with Crippen LogP contribution >= 0.6 is 34.5 Å². The van der Waals surface area contributed by atoms with E-state index < -0.39 is 0 Å². The molecule has 1 fully saturated rings. The summed E-state index contributed by atoms with van der Waals surface area (Å²) < 4.78 is 0. The lowest BCUT2D eigenvalue weighted by Crippen LogP contribution is -2.42. The van der Waals surface area contributed by atoms with Gasteiger partial charge in [-0.15, -0.1) is 11.3 Å². The number of halogens is 2. The third-order valence-electron chi connectivity index (χ3n) is 6.38. The minimum absolute atomic E-state index is 0.0914. The van der Waals surface area contributed by atoms with E-state index in [1.54, 1.807) is 17.5 Å². The molecule has 3 amide bonds. The van der Waals surface area contributed by atoms with E-state index in [4.69, 9.17) is 23.2 Å². The summed E-state index contributed by atoms with van der Waals surface area (Å²) in [5.41, 5.74) is 0.868. The van der Waals surface area contributed by atoms with Crippen molar-refractivity contribution in [3.05, 3.63) is 44.9 Å². The first-order valence-electron chi connectivity index (χ1n) is 12.6. The normalized spacial score (nSPS) is 16.0. The van der Waals surface area contributed by atoms with E-state index >= 15 is 0 Å². The number of likely N-dealkylation sites (tertiary alicyclic amines) is 1. The first-order valence-corrected chi connectivity index (χ1v) is 14.3. The Kier molecular flexibility index (Phi) is 11.2. The van der Waals surface area contributed by atoms with Gasteiger partial charge in [-0.1, -0.05) is 29.6 Å². The second-order valence-electron chi connectivity index (χ2n) is 9.60. The SMILES string of the molecule is CC1CCCCN1CCCNC(=O)Cc1csc(NC(=O)CN(C(=O)c2ccc(Cl)cc2Cl)C(C)C)n1. The van der Waals surface area contributed by atoms with Gasteiger partial charge in [0.05, 0.1) is 22.7 Å². The lowest BCUT2D eigenvalue weighted by Gasteiger charge is -2.33. The quantitative estimate of drug-likeness (QED) is 0.378. The number of nitrogens with zero attached hydrogens (tertiary/aromatic N) is 3. The molecule has 2 N–H and O–H groups in total. The molecule has 1 aliphatic rings. The van der Waals surface area contributed by atoms with E-state index in [1.807, 2.05) is 13.8 Å². The molecule has 37 heavy (non-hydrogen) atoms. The standard InChI is InChI=1S/C26H35Cl2N5O3S/c1-17(2)33(25(36)21-9-8-19(27)13-22(21)28)15-24(35)31-26-30-20(16-37-26)14-23(34)29-10-6-12-32-11-5-4-7-18(32)3/h8-9,13,16-18H,4-7,10-12,14-15H2,1-3H3,(H,29,34)(H,30,31,35). The van der Waals surface area contributed by atoms with Crippen molar-refractivity contribution in [3.63, 3.8) is 0 Å². The zero-order chi connectivity index (χ0) is 26.9. The average Bonchev–Trinajstić information content (AvgIpc) is 3.27. The molecular weight excluding hydrogens is 533 g/mol. The van der Waals surface area contributed by atoms with E-state index in [-0.39, 0.29) is 47.3 Å². The molecule has 0 saturated carbocycles. The summed E-state index contributed by atoms with van der Waals surface area (Å²) >= 11 is 13.4. The van der Waals surface area contributed by atoms with Crippen LogP contribution < -0.4 is 10.6 Å². The molecule has 1 unspecified atom stereocenters. The molecule has 1 saturated heterocycles. The lowest BCUT2D eigenvalue weighted by atomic mass is 10.0. The van der Waals surface area contributed by atoms with Crippen molar-refractivity contribution >= 4 is 57.4 Å². The van der Waals surface area contributed by atoms with Gasteiger partial charge in [0, 0.05) is 35.6 Å². The number of carbonyl (C=O) groups is 3. The number of nitrogens with one attached hydrogen (secondary N) is 2. The number of hydrogen-bond acceptors (Lipinski definition) is 6. The molecule has 0 spiro atoms. The molecule has 8 nitrogen and oxygen atoms in total. The van der Waals surface area contributed by atoms with Gasteiger partial charge < -0.3 is 20.4 Å². The maximum absolute atomic E-state index is 13.0. The van der Waals surface area contributed by atoms with Gasteiger partial charge in [0.15, 0.2) is 5.13 Å². The van der Waals surface area contributed by atoms with Crippen molar-refractivity contribution in [2.45, 2.75) is 65.0 Å². The zero-order valence-corrected chi connectivity index (χ0v) is 23.9. The molecule has 3 rings (SSSR count). The smallest absolute Gasteiger partial charge is 0.256 e. The Labute approximate surface area is 232 Å². The molecule has 0 bridgehead atoms. The molecule has 2 aromatic rings. The maximum atomic E-state index is 13.0. The predicted molar refractivity (Wildman–Crippen MR) is 150 cm³/mol. The Balaban J connectivity index is 1.45. The van der Waals surface area contributed by atoms with Crippen LogP contribution in [-0.4, -0.2) is 70.8 Å². The van der Waals surface area contributed by atoms with Crippen molar-refractivity contribution in [3.8, 4) is 0 Å². The zero-order valence-electron chi connectivity index (χ0n) is 21.6. The van der Waals surface area contributed by atoms with Gasteiger partial charge in [-0.2, -0.15) is 0 Å². The van der Waals surface area contributed by atoms with E-state index in [1.165, 1.54) is 41.6 Å². The van der Waals surface area contributed by atoms with Gasteiger partial charge in [-0.25, -0.2) is 4.98 Å². The fourth-order valence-electron chi connectivity index (χ4n) is 4.29. The first-order chi connectivity index (χ1) is 17.6. The molecule has 202 valence electrons. The summed E-state index contributed by atoms with van der Waals surface area (Å²) in [6.45, 7) is 8.51. The van der Waals surface area contributed by atoms with Gasteiger partial charge in [0.2, 0.25) is 11.8 Å². The van der Waals surface area contributed by atoms with E-state index in [0.29, 0.717) is 28.4 Å². The monoisotopic (exact) mass is 567 g/mol. The summed E-state index contributed by atoms with van der Waals surface area (Å²) in [6.07, 6.45) is 4.87. The Hall–Kier alpha value is -2.20. The number of hydrogen-bond donors (Lipinski definition) is 2. The maximum Gasteiger partial charge on any atom is 0.256 e. The summed E-state index contributed by atoms with van der Waals surface area (Å²) in [7, 11) is 0. The summed E-state index contributed by atoms with van der Waals surface area (Å²) in [5.74, 6) is -0.839. The minimum atomic E-state index is -0.385. The summed E-state index contributed by atoms with van der Waals surface area (Å²) in [5, 5.41) is 8.48. The van der Waals surface area contributed by atoms with E-state index in [9.17, 15) is 14.4 Å². The minimum Gasteiger partial charge on any atom is -0.356 e. The molecule has 1 aromatic carbocycles. The first kappa shape index (κ1) is 29.4. The summed E-state index contributed by atoms with van der Waals surface area (Å²) in [4.78, 5) is 46.3. The summed E-state index contributed by atoms with van der Waals surface area (Å²) in [6, 6.07) is 5.01. The van der Waals surface area contributed by atoms with Gasteiger partial charge in [-0.3, -0.25) is 14.4 Å². The molecule has 0 radical (unpaired) electrons. The Morgan fingerprint density at radius 1 is 1.22 bits per heavy atom. The second-order valence-corrected chi connectivity index (χ2v) is 11.3. The Bertz CT molecular complexity index is 1090. The number of rotatable bonds is 11. The molecular formula is C26H35Cl2N5O3S. The van der Waals surface area contributed by atoms with Crippen LogP contribution in [0, 0.1) is 0 Å². The topological polar surface area (TPSA) is 94.6 Å². The number of amides is 3. The largest absolute Gasteiger partial charge is 0.356 e. The van der Waals surface area contributed by atoms with Crippen molar-refractivity contribution in [2.24, 2.45) is 0 Å². The van der Waals surface area contributed by atoms with Crippen LogP contribution in [0.3, 0.4) is 0 Å². The highest BCUT2D eigenvalue weighted by Crippen LogP contribution is 2.23. The number of thiazole rings is 1. The molecule has 1 atom stereocenters. The number of aromatic nitrogens is 1. The van der Waals surface area contributed by atoms with Crippen molar-refractivity contribution in [1.29, 1.82) is 0 Å². The number of piperidine rings is 1. The Morgan fingerprint density at radius 2 is 2.00 bits per heavy atom. The van der Waals surface area contributed by atoms with Crippen LogP contribution in [0.4, 0.5) is 5.13 Å². The molecule has 2 heterocycles. The van der Waals surface area contributed by atoms with Crippen molar-refractivity contribution < 1.29 is 14.4 Å². The van der Waals surface area contributed by atoms with Crippen LogP contribution in [0.15, 0.2) is 23.6 Å². The van der Waals surface area contributed by atoms with Crippen LogP contribution in [0.1, 0.15) is 62.5 Å². The number of anilines is 1. The highest BCUT2D eigenvalue weighted by Gasteiger charge is 2.24. The van der Waals surface area contributed by atoms with Gasteiger partial charge in [0.1, 0.15) is 6.54 Å². The van der Waals surface area contributed by atoms with Crippen LogP contribution in [0.5, 0.6) is 0 Å². The molecule has 11 heteroatoms. The van der Waals surface area contributed by atoms with Crippen LogP contribution in [0.25, 0.3) is 0 Å². The van der Waals surface area contributed by atoms with Crippen molar-refractivity contribution in [2.75, 3.05) is 31.5 Å². The predicted octanol–water partition coefficient (Wildman–Crippen LogP) is 4.86. The third-order valence-corrected chi connectivity index (χ3v) is 7.74. The number of benzene rings is 1. The van der Waals surface area contributed by atoms with Gasteiger partial charge >= 0.3 is 0 Å². The lowest BCUT2D eigenvalue weighted by molar-refractivity contribution is -0.120. The molecule has 0 aliphatic carbocycles. The van der Waals surface area contributed by atoms with Crippen LogP contribution in [-0.2, 0) is 16.0 Å². The Morgan fingerprint density at radius 3 is 2.70 bits per heavy atom. The van der Waals surface area contributed by atoms with Gasteiger partial charge in [-0.05, 0) is 64.8 Å². The second kappa shape index (κ2) is 14.1. The number of carbonyl (C=O) groups excluding carboxylic acids is 3.